The number of ether oxygens (including phenoxy) is 2. The SMILES string of the molecule is COc1ccc(Nc2cc(C)nc(NCc3ccncc3)n2)c(OC)c1. The second-order valence-electron chi connectivity index (χ2n) is 5.62. The first kappa shape index (κ1) is 17.5. The van der Waals surface area contributed by atoms with Gasteiger partial charge in [-0.1, -0.05) is 0 Å². The molecule has 0 atom stereocenters. The van der Waals surface area contributed by atoms with Gasteiger partial charge in [0.05, 0.1) is 19.9 Å². The number of pyridine rings is 1. The van der Waals surface area contributed by atoms with Crippen LogP contribution in [0.4, 0.5) is 17.5 Å². The van der Waals surface area contributed by atoms with Crippen molar-refractivity contribution in [1.82, 2.24) is 15.0 Å². The van der Waals surface area contributed by atoms with E-state index in [1.807, 2.05) is 43.3 Å². The summed E-state index contributed by atoms with van der Waals surface area (Å²) in [7, 11) is 3.24. The molecule has 1 aromatic carbocycles. The standard InChI is InChI=1S/C19H21N5O2/c1-13-10-18(23-16-5-4-15(25-2)11-17(16)26-3)24-19(22-13)21-12-14-6-8-20-9-7-14/h4-11H,12H2,1-3H3,(H2,21,22,23,24). The molecule has 2 aromatic heterocycles. The first-order chi connectivity index (χ1) is 12.7. The topological polar surface area (TPSA) is 81.2 Å². The van der Waals surface area contributed by atoms with Gasteiger partial charge in [0, 0.05) is 36.8 Å². The van der Waals surface area contributed by atoms with Crippen LogP contribution in [0.5, 0.6) is 11.5 Å². The molecule has 2 heterocycles. The Hall–Kier alpha value is -3.35. The number of aryl methyl sites for hydroxylation is 1. The number of aromatic nitrogens is 3. The number of nitrogens with one attached hydrogen (secondary N) is 2. The Labute approximate surface area is 152 Å². The Bertz CT molecular complexity index is 871. The van der Waals surface area contributed by atoms with Gasteiger partial charge in [-0.3, -0.25) is 4.98 Å². The van der Waals surface area contributed by atoms with Crippen LogP contribution in [0.25, 0.3) is 0 Å². The summed E-state index contributed by atoms with van der Waals surface area (Å²) < 4.78 is 10.6. The molecule has 0 radical (unpaired) electrons. The van der Waals surface area contributed by atoms with Gasteiger partial charge in [0.2, 0.25) is 5.95 Å². The first-order valence-electron chi connectivity index (χ1n) is 8.15. The number of anilines is 3. The molecular formula is C19H21N5O2. The van der Waals surface area contributed by atoms with Crippen molar-refractivity contribution in [3.63, 3.8) is 0 Å². The molecule has 0 aliphatic rings. The quantitative estimate of drug-likeness (QED) is 0.673. The van der Waals surface area contributed by atoms with E-state index in [0.717, 1.165) is 22.7 Å². The molecule has 0 bridgehead atoms. The maximum Gasteiger partial charge on any atom is 0.225 e. The van der Waals surface area contributed by atoms with Crippen LogP contribution in [0.1, 0.15) is 11.3 Å². The van der Waals surface area contributed by atoms with Gasteiger partial charge in [0.15, 0.2) is 0 Å². The Morgan fingerprint density at radius 3 is 2.50 bits per heavy atom. The van der Waals surface area contributed by atoms with Crippen molar-refractivity contribution in [2.45, 2.75) is 13.5 Å². The number of hydrogen-bond donors (Lipinski definition) is 2. The fraction of sp³-hybridized carbons (Fsp3) is 0.211. The molecule has 0 saturated heterocycles. The van der Waals surface area contributed by atoms with Gasteiger partial charge in [0.1, 0.15) is 17.3 Å². The predicted octanol–water partition coefficient (Wildman–Crippen LogP) is 3.55. The second-order valence-corrected chi connectivity index (χ2v) is 5.62. The van der Waals surface area contributed by atoms with Crippen molar-refractivity contribution in [3.05, 3.63) is 60.0 Å². The highest BCUT2D eigenvalue weighted by molar-refractivity contribution is 5.66. The van der Waals surface area contributed by atoms with E-state index in [1.165, 1.54) is 0 Å². The fourth-order valence-electron chi connectivity index (χ4n) is 2.43. The molecule has 0 fully saturated rings. The van der Waals surface area contributed by atoms with Crippen molar-refractivity contribution in [2.24, 2.45) is 0 Å². The lowest BCUT2D eigenvalue weighted by molar-refractivity contribution is 0.395. The third-order valence-electron chi connectivity index (χ3n) is 3.73. The molecule has 7 nitrogen and oxygen atoms in total. The summed E-state index contributed by atoms with van der Waals surface area (Å²) >= 11 is 0. The Kier molecular flexibility index (Phi) is 5.48. The summed E-state index contributed by atoms with van der Waals surface area (Å²) in [4.78, 5) is 13.0. The lowest BCUT2D eigenvalue weighted by atomic mass is 10.2. The van der Waals surface area contributed by atoms with Gasteiger partial charge in [0.25, 0.3) is 0 Å². The van der Waals surface area contributed by atoms with Crippen LogP contribution in [0, 0.1) is 6.92 Å². The van der Waals surface area contributed by atoms with Gasteiger partial charge >= 0.3 is 0 Å². The smallest absolute Gasteiger partial charge is 0.225 e. The zero-order chi connectivity index (χ0) is 18.4. The Balaban J connectivity index is 1.77. The first-order valence-corrected chi connectivity index (χ1v) is 8.15. The molecule has 3 rings (SSSR count). The van der Waals surface area contributed by atoms with Gasteiger partial charge in [-0.2, -0.15) is 4.98 Å². The zero-order valence-corrected chi connectivity index (χ0v) is 15.0. The van der Waals surface area contributed by atoms with Crippen LogP contribution in [0.15, 0.2) is 48.8 Å². The average molecular weight is 351 g/mol. The molecular weight excluding hydrogens is 330 g/mol. The van der Waals surface area contributed by atoms with Crippen molar-refractivity contribution in [2.75, 3.05) is 24.9 Å². The minimum atomic E-state index is 0.553. The number of methoxy groups -OCH3 is 2. The van der Waals surface area contributed by atoms with Gasteiger partial charge < -0.3 is 20.1 Å². The molecule has 0 saturated carbocycles. The van der Waals surface area contributed by atoms with E-state index < -0.39 is 0 Å². The van der Waals surface area contributed by atoms with E-state index in [4.69, 9.17) is 9.47 Å². The van der Waals surface area contributed by atoms with Gasteiger partial charge in [-0.05, 0) is 36.8 Å². The maximum absolute atomic E-state index is 5.42. The molecule has 26 heavy (non-hydrogen) atoms. The third-order valence-corrected chi connectivity index (χ3v) is 3.73. The van der Waals surface area contributed by atoms with Crippen LogP contribution in [-0.4, -0.2) is 29.2 Å². The van der Waals surface area contributed by atoms with E-state index in [1.54, 1.807) is 26.6 Å². The zero-order valence-electron chi connectivity index (χ0n) is 15.0. The highest BCUT2D eigenvalue weighted by Crippen LogP contribution is 2.31. The number of nitrogens with zero attached hydrogens (tertiary/aromatic N) is 3. The number of benzene rings is 1. The minimum Gasteiger partial charge on any atom is -0.497 e. The van der Waals surface area contributed by atoms with Crippen LogP contribution >= 0.6 is 0 Å². The largest absolute Gasteiger partial charge is 0.497 e. The number of hydrogen-bond acceptors (Lipinski definition) is 7. The molecule has 0 aliphatic carbocycles. The van der Waals surface area contributed by atoms with Crippen LogP contribution in [-0.2, 0) is 6.54 Å². The highest BCUT2D eigenvalue weighted by atomic mass is 16.5. The summed E-state index contributed by atoms with van der Waals surface area (Å²) in [6.07, 6.45) is 3.52. The minimum absolute atomic E-state index is 0.553. The molecule has 0 unspecified atom stereocenters. The fourth-order valence-corrected chi connectivity index (χ4v) is 2.43. The molecule has 7 heteroatoms. The van der Waals surface area contributed by atoms with E-state index >= 15 is 0 Å². The lowest BCUT2D eigenvalue weighted by Crippen LogP contribution is -2.06. The van der Waals surface area contributed by atoms with Crippen molar-refractivity contribution >= 4 is 17.5 Å². The van der Waals surface area contributed by atoms with Crippen LogP contribution in [0.3, 0.4) is 0 Å². The highest BCUT2D eigenvalue weighted by Gasteiger charge is 2.08. The molecule has 0 amide bonds. The monoisotopic (exact) mass is 351 g/mol. The average Bonchev–Trinajstić information content (AvgIpc) is 2.67. The third kappa shape index (κ3) is 4.38. The van der Waals surface area contributed by atoms with E-state index in [2.05, 4.69) is 25.6 Å². The number of rotatable bonds is 7. The molecule has 3 aromatic rings. The van der Waals surface area contributed by atoms with Crippen molar-refractivity contribution in [3.8, 4) is 11.5 Å². The molecule has 2 N–H and O–H groups in total. The maximum atomic E-state index is 5.42. The second kappa shape index (κ2) is 8.15. The normalized spacial score (nSPS) is 10.3. The summed E-state index contributed by atoms with van der Waals surface area (Å²) in [5.41, 5.74) is 2.76. The van der Waals surface area contributed by atoms with Crippen molar-refractivity contribution < 1.29 is 9.47 Å². The summed E-state index contributed by atoms with van der Waals surface area (Å²) in [6, 6.07) is 11.3. The molecule has 134 valence electrons. The van der Waals surface area contributed by atoms with E-state index in [-0.39, 0.29) is 0 Å². The summed E-state index contributed by atoms with van der Waals surface area (Å²) in [6.45, 7) is 2.55. The Morgan fingerprint density at radius 2 is 1.77 bits per heavy atom. The predicted molar refractivity (Wildman–Crippen MR) is 101 cm³/mol. The van der Waals surface area contributed by atoms with Crippen LogP contribution in [0.2, 0.25) is 0 Å². The van der Waals surface area contributed by atoms with Gasteiger partial charge in [-0.25, -0.2) is 4.98 Å². The van der Waals surface area contributed by atoms with Crippen molar-refractivity contribution in [1.29, 1.82) is 0 Å². The summed E-state index contributed by atoms with van der Waals surface area (Å²) in [5, 5.41) is 6.51. The molecule has 0 spiro atoms. The Morgan fingerprint density at radius 1 is 0.962 bits per heavy atom. The van der Waals surface area contributed by atoms with E-state index in [9.17, 15) is 0 Å². The van der Waals surface area contributed by atoms with Crippen LogP contribution < -0.4 is 20.1 Å². The van der Waals surface area contributed by atoms with E-state index in [0.29, 0.717) is 24.1 Å². The van der Waals surface area contributed by atoms with Gasteiger partial charge in [-0.15, -0.1) is 0 Å². The lowest BCUT2D eigenvalue weighted by Gasteiger charge is -2.13. The molecule has 0 aliphatic heterocycles. The summed E-state index contributed by atoms with van der Waals surface area (Å²) in [5.74, 6) is 2.63.